The Balaban J connectivity index is 1.92. The summed E-state index contributed by atoms with van der Waals surface area (Å²) in [6.45, 7) is 1.81. The lowest BCUT2D eigenvalue weighted by Crippen LogP contribution is -2.00. The summed E-state index contributed by atoms with van der Waals surface area (Å²) < 4.78 is 15.7. The van der Waals surface area contributed by atoms with E-state index in [9.17, 15) is 9.90 Å². The second kappa shape index (κ2) is 7.18. The Morgan fingerprint density at radius 1 is 1.08 bits per heavy atom. The molecular formula is C19H18N2O5. The third-order valence-electron chi connectivity index (χ3n) is 3.85. The second-order valence-electron chi connectivity index (χ2n) is 5.53. The molecular weight excluding hydrogens is 336 g/mol. The molecule has 1 heterocycles. The van der Waals surface area contributed by atoms with Crippen molar-refractivity contribution < 1.29 is 24.1 Å². The first-order chi connectivity index (χ1) is 12.5. The van der Waals surface area contributed by atoms with Gasteiger partial charge in [0.25, 0.3) is 0 Å². The third kappa shape index (κ3) is 3.32. The van der Waals surface area contributed by atoms with Crippen LogP contribution in [0.3, 0.4) is 0 Å². The minimum Gasteiger partial charge on any atom is -0.507 e. The minimum atomic E-state index is -0.417. The van der Waals surface area contributed by atoms with Gasteiger partial charge in [-0.15, -0.1) is 0 Å². The van der Waals surface area contributed by atoms with E-state index in [-0.39, 0.29) is 5.75 Å². The molecule has 0 atom stereocenters. The Bertz CT molecular complexity index is 932. The van der Waals surface area contributed by atoms with Crippen molar-refractivity contribution in [3.8, 4) is 34.3 Å². The van der Waals surface area contributed by atoms with Gasteiger partial charge in [0.2, 0.25) is 0 Å². The van der Waals surface area contributed by atoms with Crippen molar-refractivity contribution in [1.82, 2.24) is 10.2 Å². The topological polar surface area (TPSA) is 93.7 Å². The number of aromatic amines is 1. The van der Waals surface area contributed by atoms with Crippen LogP contribution in [0.25, 0.3) is 11.3 Å². The molecule has 2 N–H and O–H groups in total. The quantitative estimate of drug-likeness (QED) is 0.679. The zero-order valence-corrected chi connectivity index (χ0v) is 14.6. The third-order valence-corrected chi connectivity index (χ3v) is 3.85. The first-order valence-corrected chi connectivity index (χ1v) is 7.82. The van der Waals surface area contributed by atoms with Gasteiger partial charge in [0, 0.05) is 11.6 Å². The van der Waals surface area contributed by atoms with Crippen molar-refractivity contribution in [3.63, 3.8) is 0 Å². The average molecular weight is 354 g/mol. The normalized spacial score (nSPS) is 10.4. The molecule has 0 aliphatic heterocycles. The predicted octanol–water partition coefficient (Wildman–Crippen LogP) is 3.68. The van der Waals surface area contributed by atoms with Crippen LogP contribution >= 0.6 is 0 Å². The number of benzene rings is 2. The lowest BCUT2D eigenvalue weighted by atomic mass is 10.1. The van der Waals surface area contributed by atoms with Gasteiger partial charge in [0.05, 0.1) is 25.5 Å². The fourth-order valence-electron chi connectivity index (χ4n) is 2.46. The van der Waals surface area contributed by atoms with Gasteiger partial charge in [-0.2, -0.15) is 5.10 Å². The molecule has 0 unspecified atom stereocenters. The van der Waals surface area contributed by atoms with E-state index in [4.69, 9.17) is 9.47 Å². The number of carbonyl (C=O) groups is 1. The van der Waals surface area contributed by atoms with Gasteiger partial charge in [-0.25, -0.2) is 4.79 Å². The number of H-pyrrole nitrogens is 1. The first kappa shape index (κ1) is 17.3. The van der Waals surface area contributed by atoms with E-state index < -0.39 is 5.97 Å². The van der Waals surface area contributed by atoms with E-state index in [1.54, 1.807) is 36.4 Å². The Morgan fingerprint density at radius 2 is 1.77 bits per heavy atom. The molecule has 1 aromatic heterocycles. The number of nitrogens with one attached hydrogen (secondary N) is 1. The molecule has 0 aliphatic carbocycles. The SMILES string of the molecule is COC(=O)c1ccc(Oc2c(-c3ccc(OC)cc3O)n[nH]c2C)cc1. The number of aromatic nitrogens is 2. The number of aryl methyl sites for hydroxylation is 1. The fraction of sp³-hybridized carbons (Fsp3) is 0.158. The molecule has 0 spiro atoms. The minimum absolute atomic E-state index is 0.0294. The maximum atomic E-state index is 11.5. The van der Waals surface area contributed by atoms with Crippen molar-refractivity contribution in [1.29, 1.82) is 0 Å². The Labute approximate surface area is 150 Å². The van der Waals surface area contributed by atoms with Crippen LogP contribution in [0.15, 0.2) is 42.5 Å². The Kier molecular flexibility index (Phi) is 4.79. The van der Waals surface area contributed by atoms with Crippen molar-refractivity contribution in [2.24, 2.45) is 0 Å². The van der Waals surface area contributed by atoms with Gasteiger partial charge in [-0.05, 0) is 43.3 Å². The summed E-state index contributed by atoms with van der Waals surface area (Å²) >= 11 is 0. The van der Waals surface area contributed by atoms with Crippen LogP contribution in [-0.4, -0.2) is 35.5 Å². The largest absolute Gasteiger partial charge is 0.507 e. The molecule has 0 fully saturated rings. The Morgan fingerprint density at radius 3 is 2.38 bits per heavy atom. The highest BCUT2D eigenvalue weighted by Gasteiger charge is 2.18. The first-order valence-electron chi connectivity index (χ1n) is 7.82. The van der Waals surface area contributed by atoms with E-state index >= 15 is 0 Å². The maximum absolute atomic E-state index is 11.5. The van der Waals surface area contributed by atoms with Gasteiger partial charge in [0.1, 0.15) is 22.9 Å². The number of nitrogens with zero attached hydrogens (tertiary/aromatic N) is 1. The maximum Gasteiger partial charge on any atom is 0.337 e. The molecule has 0 aliphatic rings. The molecule has 0 radical (unpaired) electrons. The van der Waals surface area contributed by atoms with Crippen LogP contribution in [0.2, 0.25) is 0 Å². The molecule has 7 nitrogen and oxygen atoms in total. The number of rotatable bonds is 5. The van der Waals surface area contributed by atoms with Gasteiger partial charge in [0.15, 0.2) is 5.75 Å². The van der Waals surface area contributed by atoms with Crippen molar-refractivity contribution in [2.75, 3.05) is 14.2 Å². The van der Waals surface area contributed by atoms with E-state index in [0.717, 1.165) is 0 Å². The number of carbonyl (C=O) groups excluding carboxylic acids is 1. The zero-order valence-electron chi connectivity index (χ0n) is 14.6. The number of aromatic hydroxyl groups is 1. The van der Waals surface area contributed by atoms with Crippen molar-refractivity contribution in [2.45, 2.75) is 6.92 Å². The van der Waals surface area contributed by atoms with Crippen LogP contribution in [0.4, 0.5) is 0 Å². The fourth-order valence-corrected chi connectivity index (χ4v) is 2.46. The van der Waals surface area contributed by atoms with Gasteiger partial charge < -0.3 is 19.3 Å². The lowest BCUT2D eigenvalue weighted by molar-refractivity contribution is 0.0600. The molecule has 0 amide bonds. The number of hydrogen-bond acceptors (Lipinski definition) is 6. The molecule has 3 aromatic rings. The molecule has 0 bridgehead atoms. The van der Waals surface area contributed by atoms with Crippen LogP contribution in [-0.2, 0) is 4.74 Å². The summed E-state index contributed by atoms with van der Waals surface area (Å²) in [4.78, 5) is 11.5. The van der Waals surface area contributed by atoms with Gasteiger partial charge in [-0.1, -0.05) is 0 Å². The van der Waals surface area contributed by atoms with Crippen LogP contribution in [0.1, 0.15) is 16.1 Å². The zero-order chi connectivity index (χ0) is 18.7. The van der Waals surface area contributed by atoms with Crippen LogP contribution in [0, 0.1) is 6.92 Å². The molecule has 7 heteroatoms. The molecule has 134 valence electrons. The van der Waals surface area contributed by atoms with E-state index in [2.05, 4.69) is 14.9 Å². The Hall–Kier alpha value is -3.48. The second-order valence-corrected chi connectivity index (χ2v) is 5.53. The number of phenolic OH excluding ortho intramolecular Hbond substituents is 1. The predicted molar refractivity (Wildman–Crippen MR) is 94.8 cm³/mol. The number of esters is 1. The average Bonchev–Trinajstić information content (AvgIpc) is 3.02. The molecule has 0 saturated carbocycles. The van der Waals surface area contributed by atoms with Crippen LogP contribution < -0.4 is 9.47 Å². The lowest BCUT2D eigenvalue weighted by Gasteiger charge is -2.09. The molecule has 0 saturated heterocycles. The van der Waals surface area contributed by atoms with E-state index in [1.807, 2.05) is 6.92 Å². The number of methoxy groups -OCH3 is 2. The summed E-state index contributed by atoms with van der Waals surface area (Å²) in [7, 11) is 2.86. The highest BCUT2D eigenvalue weighted by molar-refractivity contribution is 5.89. The molecule has 3 rings (SSSR count). The molecule has 2 aromatic carbocycles. The smallest absolute Gasteiger partial charge is 0.337 e. The van der Waals surface area contributed by atoms with E-state index in [1.165, 1.54) is 20.3 Å². The number of phenols is 1. The van der Waals surface area contributed by atoms with Crippen LogP contribution in [0.5, 0.6) is 23.0 Å². The number of hydrogen-bond donors (Lipinski definition) is 2. The summed E-state index contributed by atoms with van der Waals surface area (Å²) in [5.41, 5.74) is 2.11. The number of ether oxygens (including phenoxy) is 3. The summed E-state index contributed by atoms with van der Waals surface area (Å²) in [5, 5.41) is 17.4. The van der Waals surface area contributed by atoms with Gasteiger partial charge >= 0.3 is 5.97 Å². The highest BCUT2D eigenvalue weighted by Crippen LogP contribution is 2.39. The van der Waals surface area contributed by atoms with E-state index in [0.29, 0.717) is 39.8 Å². The van der Waals surface area contributed by atoms with Crippen molar-refractivity contribution in [3.05, 3.63) is 53.7 Å². The summed E-state index contributed by atoms with van der Waals surface area (Å²) in [6, 6.07) is 11.5. The highest BCUT2D eigenvalue weighted by atomic mass is 16.5. The summed E-state index contributed by atoms with van der Waals surface area (Å²) in [5.74, 6) is 1.16. The van der Waals surface area contributed by atoms with Crippen molar-refractivity contribution >= 4 is 5.97 Å². The monoisotopic (exact) mass is 354 g/mol. The standard InChI is InChI=1S/C19H18N2O5/c1-11-18(26-13-6-4-12(5-7-13)19(23)25-3)17(21-20-11)15-9-8-14(24-2)10-16(15)22/h4-10,22H,1-3H3,(H,20,21). The van der Waals surface area contributed by atoms with Gasteiger partial charge in [-0.3, -0.25) is 5.10 Å². The summed E-state index contributed by atoms with van der Waals surface area (Å²) in [6.07, 6.45) is 0. The molecule has 26 heavy (non-hydrogen) atoms.